The Hall–Kier alpha value is -3.61. The van der Waals surface area contributed by atoms with Crippen LogP contribution in [0.15, 0.2) is 89.6 Å². The van der Waals surface area contributed by atoms with E-state index in [0.717, 1.165) is 10.5 Å². The molecule has 0 aromatic heterocycles. The first kappa shape index (κ1) is 22.6. The number of rotatable bonds is 7. The van der Waals surface area contributed by atoms with Crippen LogP contribution in [0.25, 0.3) is 0 Å². The van der Waals surface area contributed by atoms with Crippen molar-refractivity contribution in [2.24, 2.45) is 0 Å². The van der Waals surface area contributed by atoms with Gasteiger partial charge in [0.05, 0.1) is 5.56 Å². The largest absolute Gasteiger partial charge is 0.423 e. The number of esters is 1. The third-order valence-electron chi connectivity index (χ3n) is 4.97. The molecule has 166 valence electrons. The van der Waals surface area contributed by atoms with Gasteiger partial charge >= 0.3 is 5.97 Å². The highest BCUT2D eigenvalue weighted by Crippen LogP contribution is 2.26. The number of imide groups is 1. The van der Waals surface area contributed by atoms with Crippen LogP contribution in [0.3, 0.4) is 0 Å². The fraction of sp³-hybridized carbons (Fsp3) is 0.0800. The lowest BCUT2D eigenvalue weighted by molar-refractivity contribution is -0.137. The predicted octanol–water partition coefficient (Wildman–Crippen LogP) is 5.03. The number of halogens is 2. The predicted molar refractivity (Wildman–Crippen MR) is 126 cm³/mol. The maximum Gasteiger partial charge on any atom is 0.343 e. The Morgan fingerprint density at radius 3 is 2.30 bits per heavy atom. The van der Waals surface area contributed by atoms with E-state index in [1.54, 1.807) is 30.3 Å². The van der Waals surface area contributed by atoms with Gasteiger partial charge in [0.1, 0.15) is 16.5 Å². The molecule has 0 bridgehead atoms. The maximum absolute atomic E-state index is 12.8. The molecular formula is C25H18Cl2N2O4. The van der Waals surface area contributed by atoms with Crippen LogP contribution in [0, 0.1) is 0 Å². The molecule has 4 rings (SSSR count). The van der Waals surface area contributed by atoms with Gasteiger partial charge in [0.2, 0.25) is 0 Å². The minimum atomic E-state index is -0.555. The second-order valence-corrected chi connectivity index (χ2v) is 8.05. The molecule has 1 heterocycles. The summed E-state index contributed by atoms with van der Waals surface area (Å²) in [7, 11) is 0. The SMILES string of the molecule is O=C(Oc1cccc(Cl)c1)c1ccc(NC2=C(Cl)C(=O)N(CCc3ccccc3)C2=O)cc1. The minimum absolute atomic E-state index is 0.00369. The number of amides is 2. The van der Waals surface area contributed by atoms with E-state index >= 15 is 0 Å². The highest BCUT2D eigenvalue weighted by atomic mass is 35.5. The molecule has 2 amide bonds. The fourth-order valence-corrected chi connectivity index (χ4v) is 3.68. The summed E-state index contributed by atoms with van der Waals surface area (Å²) in [5.74, 6) is -1.26. The van der Waals surface area contributed by atoms with E-state index in [-0.39, 0.29) is 17.3 Å². The molecule has 0 aliphatic carbocycles. The Labute approximate surface area is 200 Å². The Bertz CT molecular complexity index is 1240. The summed E-state index contributed by atoms with van der Waals surface area (Å²) >= 11 is 12.1. The summed E-state index contributed by atoms with van der Waals surface area (Å²) in [6.07, 6.45) is 0.527. The number of carbonyl (C=O) groups excluding carboxylic acids is 3. The topological polar surface area (TPSA) is 75.7 Å². The van der Waals surface area contributed by atoms with Gasteiger partial charge in [0, 0.05) is 17.3 Å². The van der Waals surface area contributed by atoms with Gasteiger partial charge in [-0.1, -0.05) is 59.6 Å². The van der Waals surface area contributed by atoms with Crippen molar-refractivity contribution in [2.45, 2.75) is 6.42 Å². The van der Waals surface area contributed by atoms with Crippen molar-refractivity contribution >= 4 is 46.7 Å². The number of nitrogens with one attached hydrogen (secondary N) is 1. The van der Waals surface area contributed by atoms with Crippen molar-refractivity contribution in [3.8, 4) is 5.75 Å². The number of anilines is 1. The van der Waals surface area contributed by atoms with Crippen LogP contribution in [-0.4, -0.2) is 29.2 Å². The lowest BCUT2D eigenvalue weighted by atomic mass is 10.1. The van der Waals surface area contributed by atoms with E-state index in [0.29, 0.717) is 28.4 Å². The average molecular weight is 481 g/mol. The molecule has 33 heavy (non-hydrogen) atoms. The van der Waals surface area contributed by atoms with E-state index in [4.69, 9.17) is 27.9 Å². The van der Waals surface area contributed by atoms with E-state index in [9.17, 15) is 14.4 Å². The van der Waals surface area contributed by atoms with Crippen LogP contribution >= 0.6 is 23.2 Å². The number of carbonyl (C=O) groups is 3. The van der Waals surface area contributed by atoms with Crippen LogP contribution in [0.4, 0.5) is 5.69 Å². The zero-order valence-corrected chi connectivity index (χ0v) is 18.8. The van der Waals surface area contributed by atoms with Crippen molar-refractivity contribution in [2.75, 3.05) is 11.9 Å². The summed E-state index contributed by atoms with van der Waals surface area (Å²) in [6.45, 7) is 0.220. The highest BCUT2D eigenvalue weighted by Gasteiger charge is 2.37. The first-order valence-electron chi connectivity index (χ1n) is 10.1. The third kappa shape index (κ3) is 5.25. The van der Waals surface area contributed by atoms with Gasteiger partial charge in [-0.25, -0.2) is 4.79 Å². The minimum Gasteiger partial charge on any atom is -0.423 e. The number of nitrogens with zero attached hydrogens (tertiary/aromatic N) is 1. The molecule has 0 atom stereocenters. The highest BCUT2D eigenvalue weighted by molar-refractivity contribution is 6.48. The standard InChI is InChI=1S/C25H18Cl2N2O4/c26-18-7-4-8-20(15-18)33-25(32)17-9-11-19(12-10-17)28-22-21(27)23(30)29(24(22)31)14-13-16-5-2-1-3-6-16/h1-12,15,28H,13-14H2. The van der Waals surface area contributed by atoms with Gasteiger partial charge < -0.3 is 10.1 Å². The van der Waals surface area contributed by atoms with E-state index in [2.05, 4.69) is 5.32 Å². The van der Waals surface area contributed by atoms with Gasteiger partial charge in [0.15, 0.2) is 0 Å². The molecule has 6 nitrogen and oxygen atoms in total. The molecule has 8 heteroatoms. The monoisotopic (exact) mass is 480 g/mol. The van der Waals surface area contributed by atoms with Gasteiger partial charge in [0.25, 0.3) is 11.8 Å². The van der Waals surface area contributed by atoms with E-state index in [1.807, 2.05) is 30.3 Å². The molecule has 0 saturated heterocycles. The van der Waals surface area contributed by atoms with Crippen LogP contribution in [0.2, 0.25) is 5.02 Å². The summed E-state index contributed by atoms with van der Waals surface area (Å²) < 4.78 is 5.30. The second kappa shape index (κ2) is 9.90. The molecule has 1 N–H and O–H groups in total. The molecular weight excluding hydrogens is 463 g/mol. The van der Waals surface area contributed by atoms with Crippen LogP contribution in [-0.2, 0) is 16.0 Å². The lowest BCUT2D eigenvalue weighted by Gasteiger charge is -2.15. The zero-order chi connectivity index (χ0) is 23.4. The molecule has 0 saturated carbocycles. The Balaban J connectivity index is 1.40. The maximum atomic E-state index is 12.8. The number of hydrogen-bond donors (Lipinski definition) is 1. The number of ether oxygens (including phenoxy) is 1. The molecule has 0 spiro atoms. The first-order chi connectivity index (χ1) is 15.9. The van der Waals surface area contributed by atoms with E-state index in [1.165, 1.54) is 18.2 Å². The Morgan fingerprint density at radius 1 is 0.879 bits per heavy atom. The summed E-state index contributed by atoms with van der Waals surface area (Å²) in [5, 5.41) is 3.18. The number of benzene rings is 3. The normalized spacial score (nSPS) is 13.5. The van der Waals surface area contributed by atoms with Gasteiger partial charge in [-0.2, -0.15) is 0 Å². The molecule has 3 aromatic rings. The molecule has 0 unspecified atom stereocenters. The molecule has 1 aliphatic rings. The Kier molecular flexibility index (Phi) is 6.77. The van der Waals surface area contributed by atoms with Crippen molar-refractivity contribution in [1.29, 1.82) is 0 Å². The van der Waals surface area contributed by atoms with Crippen LogP contribution in [0.5, 0.6) is 5.75 Å². The van der Waals surface area contributed by atoms with Gasteiger partial charge in [-0.3, -0.25) is 14.5 Å². The van der Waals surface area contributed by atoms with Crippen LogP contribution < -0.4 is 10.1 Å². The second-order valence-electron chi connectivity index (χ2n) is 7.24. The van der Waals surface area contributed by atoms with Gasteiger partial charge in [-0.15, -0.1) is 0 Å². The van der Waals surface area contributed by atoms with Crippen LogP contribution in [0.1, 0.15) is 15.9 Å². The van der Waals surface area contributed by atoms with Crippen molar-refractivity contribution in [1.82, 2.24) is 4.90 Å². The zero-order valence-electron chi connectivity index (χ0n) is 17.3. The molecule has 3 aromatic carbocycles. The summed E-state index contributed by atoms with van der Waals surface area (Å²) in [4.78, 5) is 38.7. The fourth-order valence-electron chi connectivity index (χ4n) is 3.27. The average Bonchev–Trinajstić information content (AvgIpc) is 3.01. The smallest absolute Gasteiger partial charge is 0.343 e. The third-order valence-corrected chi connectivity index (χ3v) is 5.56. The quantitative estimate of drug-likeness (QED) is 0.291. The molecule has 0 radical (unpaired) electrons. The van der Waals surface area contributed by atoms with Crippen molar-refractivity contribution in [3.63, 3.8) is 0 Å². The summed E-state index contributed by atoms with van der Waals surface area (Å²) in [5.41, 5.74) is 1.81. The lowest BCUT2D eigenvalue weighted by Crippen LogP contribution is -2.34. The summed E-state index contributed by atoms with van der Waals surface area (Å²) in [6, 6.07) is 22.3. The van der Waals surface area contributed by atoms with Crippen molar-refractivity contribution < 1.29 is 19.1 Å². The molecule has 0 fully saturated rings. The van der Waals surface area contributed by atoms with Crippen molar-refractivity contribution in [3.05, 3.63) is 106 Å². The van der Waals surface area contributed by atoms with Gasteiger partial charge in [-0.05, 0) is 54.4 Å². The first-order valence-corrected chi connectivity index (χ1v) is 10.8. The Morgan fingerprint density at radius 2 is 1.61 bits per heavy atom. The molecule has 1 aliphatic heterocycles. The van der Waals surface area contributed by atoms with E-state index < -0.39 is 17.8 Å². The number of hydrogen-bond acceptors (Lipinski definition) is 5.